The van der Waals surface area contributed by atoms with E-state index in [4.69, 9.17) is 30.1 Å². The van der Waals surface area contributed by atoms with Gasteiger partial charge in [-0.2, -0.15) is 0 Å². The Kier molecular flexibility index (Phi) is 21.0. The third-order valence-corrected chi connectivity index (χ3v) is 6.80. The predicted molar refractivity (Wildman–Crippen MR) is 220 cm³/mol. The summed E-state index contributed by atoms with van der Waals surface area (Å²) >= 11 is 0. The number of carbonyl (C=O) groups is 3. The van der Waals surface area contributed by atoms with Crippen LogP contribution in [0, 0.1) is 0 Å². The summed E-state index contributed by atoms with van der Waals surface area (Å²) < 4.78 is 0. The largest absolute Gasteiger partial charge is 0.490 e. The molecule has 0 heterocycles. The van der Waals surface area contributed by atoms with Crippen molar-refractivity contribution >= 4 is 91.0 Å². The quantitative estimate of drug-likeness (QED) is 0.0734. The normalized spacial score (nSPS) is 9.35. The van der Waals surface area contributed by atoms with Gasteiger partial charge in [0.1, 0.15) is 0 Å². The summed E-state index contributed by atoms with van der Waals surface area (Å²) in [5.41, 5.74) is 4.81. The highest BCUT2D eigenvalue weighted by Crippen LogP contribution is 2.07. The van der Waals surface area contributed by atoms with Crippen molar-refractivity contribution in [2.45, 2.75) is 13.7 Å². The van der Waals surface area contributed by atoms with Crippen LogP contribution < -0.4 is 37.8 Å². The van der Waals surface area contributed by atoms with Gasteiger partial charge < -0.3 is 51.1 Å². The average molecular weight is 733 g/mol. The van der Waals surface area contributed by atoms with Crippen LogP contribution in [0.3, 0.4) is 0 Å². The van der Waals surface area contributed by atoms with Crippen LogP contribution >= 0.6 is 0 Å². The summed E-state index contributed by atoms with van der Waals surface area (Å²) in [5.74, 6) is -0.939. The van der Waals surface area contributed by atoms with Gasteiger partial charge in [-0.05, 0) is 71.4 Å². The fourth-order valence-corrected chi connectivity index (χ4v) is 3.91. The van der Waals surface area contributed by atoms with Crippen LogP contribution in [-0.4, -0.2) is 81.2 Å². The Bertz CT molecular complexity index is 1870. The minimum absolute atomic E-state index is 0.210. The molecule has 0 radical (unpaired) electrons. The van der Waals surface area contributed by atoms with E-state index in [0.717, 1.165) is 23.2 Å². The van der Waals surface area contributed by atoms with E-state index in [1.807, 2.05) is 0 Å². The Morgan fingerprint density at radius 1 is 0.593 bits per heavy atom. The molecule has 17 heteroatoms. The minimum Gasteiger partial charge on any atom is -0.446 e. The van der Waals surface area contributed by atoms with E-state index < -0.39 is 34.2 Å². The van der Waals surface area contributed by atoms with E-state index in [1.54, 1.807) is 105 Å². The maximum Gasteiger partial charge on any atom is 0.490 e. The van der Waals surface area contributed by atoms with Gasteiger partial charge in [0.2, 0.25) is 11.8 Å². The van der Waals surface area contributed by atoms with E-state index in [0.29, 0.717) is 33.6 Å². The van der Waals surface area contributed by atoms with Crippen LogP contribution in [0.5, 0.6) is 0 Å². The van der Waals surface area contributed by atoms with Gasteiger partial charge in [0.25, 0.3) is 5.91 Å². The van der Waals surface area contributed by atoms with Crippen molar-refractivity contribution in [1.29, 1.82) is 0 Å². The van der Waals surface area contributed by atoms with Crippen molar-refractivity contribution < 1.29 is 49.6 Å². The second kappa shape index (κ2) is 24.5. The first-order chi connectivity index (χ1) is 25.5. The summed E-state index contributed by atoms with van der Waals surface area (Å²) in [5, 5.41) is 70.1. The molecule has 0 atom stereocenters. The molecule has 4 aromatic rings. The van der Waals surface area contributed by atoms with Gasteiger partial charge in [-0.3, -0.25) is 14.4 Å². The molecule has 0 aliphatic carbocycles. The number of para-hydroxylation sites is 1. The topological polar surface area (TPSA) is 229 Å². The zero-order valence-corrected chi connectivity index (χ0v) is 30.0. The third kappa shape index (κ3) is 17.6. The van der Waals surface area contributed by atoms with Gasteiger partial charge in [0.05, 0.1) is 0 Å². The third-order valence-electron chi connectivity index (χ3n) is 6.80. The smallest absolute Gasteiger partial charge is 0.446 e. The van der Waals surface area contributed by atoms with Crippen molar-refractivity contribution in [2.24, 2.45) is 0 Å². The van der Waals surface area contributed by atoms with Gasteiger partial charge >= 0.3 is 28.3 Å². The van der Waals surface area contributed by atoms with Crippen molar-refractivity contribution in [2.75, 3.05) is 16.0 Å². The molecule has 54 heavy (non-hydrogen) atoms. The second-order valence-corrected chi connectivity index (χ2v) is 11.1. The molecule has 0 aliphatic rings. The highest BCUT2D eigenvalue weighted by molar-refractivity contribution is 6.65. The molecule has 4 rings (SSSR count). The summed E-state index contributed by atoms with van der Waals surface area (Å²) in [7, 11) is -4.51. The van der Waals surface area contributed by atoms with Crippen LogP contribution in [0.15, 0.2) is 141 Å². The zero-order chi connectivity index (χ0) is 40.8. The first-order valence-electron chi connectivity index (χ1n) is 16.1. The van der Waals surface area contributed by atoms with Gasteiger partial charge in [-0.1, -0.05) is 106 Å². The SMILES string of the molecule is C=C(C)C(=O)Nc1cccc(B(C)O)c1.C=CC(=O)Nc1cccc(B(O)O)c1.C=CC(=O)Nc1ccccc1B(O)O.C=Cc1ccc(B(O)O)cc1. The van der Waals surface area contributed by atoms with E-state index >= 15 is 0 Å². The molecule has 0 spiro atoms. The summed E-state index contributed by atoms with van der Waals surface area (Å²) in [4.78, 5) is 33.2. The highest BCUT2D eigenvalue weighted by atomic mass is 16.4. The van der Waals surface area contributed by atoms with Crippen LogP contribution in [0.2, 0.25) is 6.82 Å². The van der Waals surface area contributed by atoms with Crippen LogP contribution in [-0.2, 0) is 14.4 Å². The molecule has 0 fully saturated rings. The van der Waals surface area contributed by atoms with Gasteiger partial charge in [-0.25, -0.2) is 0 Å². The van der Waals surface area contributed by atoms with E-state index in [9.17, 15) is 19.4 Å². The van der Waals surface area contributed by atoms with Crippen molar-refractivity contribution in [3.8, 4) is 0 Å². The molecule has 0 saturated carbocycles. The molecule has 13 nitrogen and oxygen atoms in total. The fourth-order valence-electron chi connectivity index (χ4n) is 3.91. The first-order valence-corrected chi connectivity index (χ1v) is 16.1. The molecule has 0 bridgehead atoms. The zero-order valence-electron chi connectivity index (χ0n) is 30.0. The lowest BCUT2D eigenvalue weighted by Crippen LogP contribution is -2.33. The Balaban J connectivity index is 0.000000362. The second-order valence-electron chi connectivity index (χ2n) is 11.1. The number of hydrogen-bond acceptors (Lipinski definition) is 10. The van der Waals surface area contributed by atoms with E-state index in [1.165, 1.54) is 12.1 Å². The first kappa shape index (κ1) is 46.3. The molecular weight excluding hydrogens is 690 g/mol. The molecule has 3 amide bonds. The molecular formula is C37H43B4N3O10. The molecule has 0 aromatic heterocycles. The minimum atomic E-state index is -1.60. The Morgan fingerprint density at radius 3 is 1.57 bits per heavy atom. The van der Waals surface area contributed by atoms with Crippen molar-refractivity contribution in [1.82, 2.24) is 0 Å². The number of nitrogens with one attached hydrogen (secondary N) is 3. The lowest BCUT2D eigenvalue weighted by molar-refractivity contribution is -0.113. The molecule has 4 aromatic carbocycles. The Hall–Kier alpha value is -5.77. The predicted octanol–water partition coefficient (Wildman–Crippen LogP) is 0.0130. The Labute approximate surface area is 316 Å². The molecule has 278 valence electrons. The number of benzene rings is 4. The number of hydrogen-bond donors (Lipinski definition) is 10. The van der Waals surface area contributed by atoms with E-state index in [2.05, 4.69) is 42.3 Å². The van der Waals surface area contributed by atoms with Crippen LogP contribution in [0.1, 0.15) is 12.5 Å². The maximum atomic E-state index is 11.3. The molecule has 0 unspecified atom stereocenters. The lowest BCUT2D eigenvalue weighted by atomic mass is 9.64. The number of carbonyl (C=O) groups excluding carboxylic acids is 3. The molecule has 0 aliphatic heterocycles. The van der Waals surface area contributed by atoms with Crippen molar-refractivity contribution in [3.05, 3.63) is 147 Å². The maximum absolute atomic E-state index is 11.3. The fraction of sp³-hybridized carbons (Fsp3) is 0.0541. The standard InChI is InChI=1S/C11H14BNO2.2C9H10BNO3.C8H9BO2/c1-8(2)11(14)13-10-6-4-5-9(7-10)12(3)15;1-2-9(12)11-8-5-3-4-7(6-8)10(13)14;1-2-9(12)11-8-6-4-3-5-7(8)10(13)14;1-2-7-3-5-8(6-4-7)9(10)11/h4-7,15H,1H2,2-3H3,(H,13,14);2*2-6,13-14H,1H2,(H,11,12);2-6,10-11H,1H2. The average Bonchev–Trinajstić information content (AvgIpc) is 3.15. The van der Waals surface area contributed by atoms with Crippen LogP contribution in [0.25, 0.3) is 6.08 Å². The summed E-state index contributed by atoms with van der Waals surface area (Å²) in [6.45, 7) is 16.5. The molecule has 0 saturated heterocycles. The van der Waals surface area contributed by atoms with Gasteiger partial charge in [0.15, 0.2) is 0 Å². The number of amides is 3. The van der Waals surface area contributed by atoms with Gasteiger partial charge in [0, 0.05) is 28.1 Å². The van der Waals surface area contributed by atoms with Crippen LogP contribution in [0.4, 0.5) is 17.1 Å². The lowest BCUT2D eigenvalue weighted by Gasteiger charge is -2.08. The number of anilines is 3. The summed E-state index contributed by atoms with van der Waals surface area (Å²) in [6, 6.07) is 26.7. The summed E-state index contributed by atoms with van der Waals surface area (Å²) in [6.07, 6.45) is 3.95. The van der Waals surface area contributed by atoms with Crippen molar-refractivity contribution in [3.63, 3.8) is 0 Å². The monoisotopic (exact) mass is 733 g/mol. The van der Waals surface area contributed by atoms with E-state index in [-0.39, 0.29) is 17.3 Å². The number of rotatable bonds is 11. The van der Waals surface area contributed by atoms with Gasteiger partial charge in [-0.15, -0.1) is 0 Å². The molecule has 10 N–H and O–H groups in total. The Morgan fingerprint density at radius 2 is 1.09 bits per heavy atom. The highest BCUT2D eigenvalue weighted by Gasteiger charge is 2.16.